The number of anilines is 1. The van der Waals surface area contributed by atoms with Crippen LogP contribution in [0.3, 0.4) is 0 Å². The number of nitrogens with zero attached hydrogens (tertiary/aromatic N) is 3. The molecule has 1 aliphatic rings. The summed E-state index contributed by atoms with van der Waals surface area (Å²) in [6.07, 6.45) is 2.99. The van der Waals surface area contributed by atoms with Crippen LogP contribution >= 0.6 is 0 Å². The maximum Gasteiger partial charge on any atom is 0.225 e. The van der Waals surface area contributed by atoms with Gasteiger partial charge >= 0.3 is 0 Å². The van der Waals surface area contributed by atoms with Gasteiger partial charge in [0.25, 0.3) is 0 Å². The van der Waals surface area contributed by atoms with Crippen LogP contribution < -0.4 is 4.90 Å². The highest BCUT2D eigenvalue weighted by atomic mass is 16.5. The van der Waals surface area contributed by atoms with E-state index in [-0.39, 0.29) is 24.9 Å². The number of ether oxygens (including phenoxy) is 1. The molecule has 2 rings (SSSR count). The van der Waals surface area contributed by atoms with E-state index in [1.165, 1.54) is 0 Å². The van der Waals surface area contributed by atoms with Crippen molar-refractivity contribution in [1.82, 2.24) is 9.97 Å². The summed E-state index contributed by atoms with van der Waals surface area (Å²) < 4.78 is 5.73. The largest absolute Gasteiger partial charge is 0.394 e. The average Bonchev–Trinajstić information content (AvgIpc) is 2.37. The van der Waals surface area contributed by atoms with Crippen LogP contribution in [0.5, 0.6) is 0 Å². The first-order chi connectivity index (χ1) is 8.54. The first-order valence-electron chi connectivity index (χ1n) is 5.99. The fourth-order valence-electron chi connectivity index (χ4n) is 2.14. The lowest BCUT2D eigenvalue weighted by Gasteiger charge is -2.42. The standard InChI is InChI=1S/C12H19N3O3/c1-12(2)8-15(5-10(7-17)18-12)11-13-3-9(6-16)4-14-11/h3-4,10,16-17H,5-8H2,1-2H3. The first kappa shape index (κ1) is 13.2. The molecule has 1 aromatic heterocycles. The van der Waals surface area contributed by atoms with Crippen molar-refractivity contribution in [3.8, 4) is 0 Å². The van der Waals surface area contributed by atoms with E-state index in [2.05, 4.69) is 9.97 Å². The molecule has 0 amide bonds. The van der Waals surface area contributed by atoms with Crippen LogP contribution in [0.4, 0.5) is 5.95 Å². The molecule has 1 aromatic rings. The second-order valence-electron chi connectivity index (χ2n) is 5.11. The van der Waals surface area contributed by atoms with Crippen LogP contribution in [-0.2, 0) is 11.3 Å². The van der Waals surface area contributed by atoms with Crippen molar-refractivity contribution in [1.29, 1.82) is 0 Å². The molecule has 100 valence electrons. The molecule has 0 aliphatic carbocycles. The summed E-state index contributed by atoms with van der Waals surface area (Å²) >= 11 is 0. The molecule has 1 unspecified atom stereocenters. The molecule has 2 N–H and O–H groups in total. The lowest BCUT2D eigenvalue weighted by Crippen LogP contribution is -2.54. The summed E-state index contributed by atoms with van der Waals surface area (Å²) in [6, 6.07) is 0. The van der Waals surface area contributed by atoms with Gasteiger partial charge in [0, 0.05) is 31.0 Å². The summed E-state index contributed by atoms with van der Waals surface area (Å²) in [5, 5.41) is 18.2. The van der Waals surface area contributed by atoms with Crippen LogP contribution in [0.25, 0.3) is 0 Å². The lowest BCUT2D eigenvalue weighted by atomic mass is 10.1. The molecule has 1 saturated heterocycles. The molecule has 6 heteroatoms. The Bertz CT molecular complexity index is 394. The fourth-order valence-corrected chi connectivity index (χ4v) is 2.14. The average molecular weight is 253 g/mol. The topological polar surface area (TPSA) is 78.7 Å². The number of aliphatic hydroxyl groups is 2. The first-order valence-corrected chi connectivity index (χ1v) is 5.99. The molecule has 1 aliphatic heterocycles. The lowest BCUT2D eigenvalue weighted by molar-refractivity contribution is -0.101. The zero-order valence-electron chi connectivity index (χ0n) is 10.7. The Labute approximate surface area is 106 Å². The molecule has 0 bridgehead atoms. The molecule has 0 saturated carbocycles. The van der Waals surface area contributed by atoms with Crippen LogP contribution in [0, 0.1) is 0 Å². The van der Waals surface area contributed by atoms with Crippen molar-refractivity contribution in [3.63, 3.8) is 0 Å². The minimum atomic E-state index is -0.343. The third-order valence-electron chi connectivity index (χ3n) is 2.84. The van der Waals surface area contributed by atoms with E-state index in [1.54, 1.807) is 12.4 Å². The summed E-state index contributed by atoms with van der Waals surface area (Å²) in [5.41, 5.74) is 0.343. The monoisotopic (exact) mass is 253 g/mol. The number of morpholine rings is 1. The summed E-state index contributed by atoms with van der Waals surface area (Å²) in [7, 11) is 0. The smallest absolute Gasteiger partial charge is 0.225 e. The van der Waals surface area contributed by atoms with Gasteiger partial charge in [-0.3, -0.25) is 0 Å². The minimum absolute atomic E-state index is 0.0192. The van der Waals surface area contributed by atoms with Gasteiger partial charge in [0.1, 0.15) is 0 Å². The summed E-state index contributed by atoms with van der Waals surface area (Å²) in [4.78, 5) is 10.4. The Morgan fingerprint density at radius 2 is 2.06 bits per heavy atom. The van der Waals surface area contributed by atoms with Crippen molar-refractivity contribution in [2.45, 2.75) is 32.2 Å². The number of hydrogen-bond acceptors (Lipinski definition) is 6. The molecule has 0 radical (unpaired) electrons. The Balaban J connectivity index is 2.15. The highest BCUT2D eigenvalue weighted by Gasteiger charge is 2.34. The van der Waals surface area contributed by atoms with Gasteiger partial charge < -0.3 is 19.8 Å². The van der Waals surface area contributed by atoms with Gasteiger partial charge in [0.05, 0.1) is 24.9 Å². The predicted octanol–water partition coefficient (Wildman–Crippen LogP) is -0.0550. The van der Waals surface area contributed by atoms with E-state index >= 15 is 0 Å². The van der Waals surface area contributed by atoms with Crippen molar-refractivity contribution < 1.29 is 14.9 Å². The molecule has 1 atom stereocenters. The third kappa shape index (κ3) is 2.95. The number of aromatic nitrogens is 2. The van der Waals surface area contributed by atoms with Gasteiger partial charge in [0.15, 0.2) is 0 Å². The molecule has 1 fully saturated rings. The Morgan fingerprint density at radius 1 is 1.39 bits per heavy atom. The van der Waals surface area contributed by atoms with E-state index in [0.29, 0.717) is 24.6 Å². The van der Waals surface area contributed by atoms with E-state index in [0.717, 1.165) is 0 Å². The molecular formula is C12H19N3O3. The molecule has 0 spiro atoms. The Morgan fingerprint density at radius 3 is 2.61 bits per heavy atom. The van der Waals surface area contributed by atoms with E-state index < -0.39 is 0 Å². The maximum absolute atomic E-state index is 9.24. The van der Waals surface area contributed by atoms with Gasteiger partial charge in [-0.1, -0.05) is 0 Å². The number of rotatable bonds is 3. The fraction of sp³-hybridized carbons (Fsp3) is 0.667. The molecule has 18 heavy (non-hydrogen) atoms. The number of hydrogen-bond donors (Lipinski definition) is 2. The van der Waals surface area contributed by atoms with Gasteiger partial charge in [-0.05, 0) is 13.8 Å². The second kappa shape index (κ2) is 5.17. The number of aliphatic hydroxyl groups excluding tert-OH is 2. The van der Waals surface area contributed by atoms with Gasteiger partial charge in [-0.2, -0.15) is 0 Å². The minimum Gasteiger partial charge on any atom is -0.394 e. The van der Waals surface area contributed by atoms with E-state index in [1.807, 2.05) is 18.7 Å². The second-order valence-corrected chi connectivity index (χ2v) is 5.11. The van der Waals surface area contributed by atoms with Crippen LogP contribution in [0.1, 0.15) is 19.4 Å². The maximum atomic E-state index is 9.24. The Hall–Kier alpha value is -1.24. The highest BCUT2D eigenvalue weighted by molar-refractivity contribution is 5.32. The summed E-state index contributed by atoms with van der Waals surface area (Å²) in [6.45, 7) is 5.11. The van der Waals surface area contributed by atoms with Crippen molar-refractivity contribution in [3.05, 3.63) is 18.0 Å². The zero-order chi connectivity index (χ0) is 13.2. The predicted molar refractivity (Wildman–Crippen MR) is 66.2 cm³/mol. The van der Waals surface area contributed by atoms with Crippen LogP contribution in [0.15, 0.2) is 12.4 Å². The Kier molecular flexibility index (Phi) is 3.79. The van der Waals surface area contributed by atoms with Gasteiger partial charge in [0.2, 0.25) is 5.95 Å². The van der Waals surface area contributed by atoms with Gasteiger partial charge in [-0.15, -0.1) is 0 Å². The molecule has 6 nitrogen and oxygen atoms in total. The van der Waals surface area contributed by atoms with Crippen LogP contribution in [-0.4, -0.2) is 51.6 Å². The van der Waals surface area contributed by atoms with Crippen molar-refractivity contribution >= 4 is 5.95 Å². The van der Waals surface area contributed by atoms with Crippen molar-refractivity contribution in [2.75, 3.05) is 24.6 Å². The van der Waals surface area contributed by atoms with E-state index in [4.69, 9.17) is 9.84 Å². The third-order valence-corrected chi connectivity index (χ3v) is 2.84. The van der Waals surface area contributed by atoms with Crippen molar-refractivity contribution in [2.24, 2.45) is 0 Å². The molecule has 0 aromatic carbocycles. The molecule has 2 heterocycles. The normalized spacial score (nSPS) is 23.1. The van der Waals surface area contributed by atoms with Crippen LogP contribution in [0.2, 0.25) is 0 Å². The summed E-state index contributed by atoms with van der Waals surface area (Å²) in [5.74, 6) is 0.599. The van der Waals surface area contributed by atoms with Gasteiger partial charge in [-0.25, -0.2) is 9.97 Å². The SMILES string of the molecule is CC1(C)CN(c2ncc(CO)cn2)CC(CO)O1. The quantitative estimate of drug-likeness (QED) is 0.786. The highest BCUT2D eigenvalue weighted by Crippen LogP contribution is 2.23. The molecular weight excluding hydrogens is 234 g/mol. The zero-order valence-corrected chi connectivity index (χ0v) is 10.7. The van der Waals surface area contributed by atoms with E-state index in [9.17, 15) is 5.11 Å².